The van der Waals surface area contributed by atoms with Gasteiger partial charge in [-0.25, -0.2) is 0 Å². The minimum absolute atomic E-state index is 0.0148. The predicted octanol–water partition coefficient (Wildman–Crippen LogP) is 4.03. The first-order chi connectivity index (χ1) is 10.1. The molecule has 1 unspecified atom stereocenters. The number of rotatable bonds is 6. The van der Waals surface area contributed by atoms with Gasteiger partial charge in [-0.2, -0.15) is 5.10 Å². The maximum absolute atomic E-state index is 6.06. The Hall–Kier alpha value is -1.04. The number of aryl methyl sites for hydroxylation is 1. The van der Waals surface area contributed by atoms with Gasteiger partial charge in [-0.05, 0) is 41.5 Å². The summed E-state index contributed by atoms with van der Waals surface area (Å²) in [6.07, 6.45) is 1.82. The van der Waals surface area contributed by atoms with Gasteiger partial charge in [-0.3, -0.25) is 4.68 Å². The van der Waals surface area contributed by atoms with E-state index in [1.807, 2.05) is 29.1 Å². The lowest BCUT2D eigenvalue weighted by Gasteiger charge is -2.22. The molecule has 0 bridgehead atoms. The Kier molecular flexibility index (Phi) is 5.67. The lowest BCUT2D eigenvalue weighted by molar-refractivity contribution is 0.402. The SMILES string of the molecule is CCNC(c1ccc(Cl)cc1OC)c1c(Br)cnn1CC. The van der Waals surface area contributed by atoms with E-state index in [1.165, 1.54) is 0 Å². The minimum Gasteiger partial charge on any atom is -0.496 e. The van der Waals surface area contributed by atoms with Gasteiger partial charge < -0.3 is 10.1 Å². The number of benzene rings is 1. The second kappa shape index (κ2) is 7.29. The summed E-state index contributed by atoms with van der Waals surface area (Å²) in [5.41, 5.74) is 2.12. The van der Waals surface area contributed by atoms with Crippen molar-refractivity contribution in [2.24, 2.45) is 0 Å². The number of ether oxygens (including phenoxy) is 1. The standard InChI is InChI=1S/C15H19BrClN3O/c1-4-18-14(15-12(16)9-19-20(15)5-2)11-7-6-10(17)8-13(11)21-3/h6-9,14,18H,4-5H2,1-3H3. The molecule has 0 radical (unpaired) electrons. The fourth-order valence-electron chi connectivity index (χ4n) is 2.39. The van der Waals surface area contributed by atoms with Gasteiger partial charge >= 0.3 is 0 Å². The van der Waals surface area contributed by atoms with Crippen LogP contribution in [0.2, 0.25) is 5.02 Å². The lowest BCUT2D eigenvalue weighted by Crippen LogP contribution is -2.25. The van der Waals surface area contributed by atoms with Crippen LogP contribution in [0.4, 0.5) is 0 Å². The molecule has 1 atom stereocenters. The Morgan fingerprint density at radius 3 is 2.81 bits per heavy atom. The molecule has 0 spiro atoms. The highest BCUT2D eigenvalue weighted by Crippen LogP contribution is 2.35. The summed E-state index contributed by atoms with van der Waals surface area (Å²) in [5, 5.41) is 8.56. The van der Waals surface area contributed by atoms with Gasteiger partial charge in [-0.15, -0.1) is 0 Å². The average Bonchev–Trinajstić information content (AvgIpc) is 2.86. The van der Waals surface area contributed by atoms with E-state index in [0.717, 1.165) is 34.6 Å². The van der Waals surface area contributed by atoms with E-state index in [2.05, 4.69) is 40.2 Å². The molecule has 0 aliphatic rings. The quantitative estimate of drug-likeness (QED) is 0.832. The molecular formula is C15H19BrClN3O. The van der Waals surface area contributed by atoms with Crippen molar-refractivity contribution in [1.82, 2.24) is 15.1 Å². The monoisotopic (exact) mass is 371 g/mol. The van der Waals surface area contributed by atoms with Crippen LogP contribution in [0.1, 0.15) is 31.1 Å². The zero-order chi connectivity index (χ0) is 15.4. The van der Waals surface area contributed by atoms with Crippen LogP contribution in [-0.2, 0) is 6.54 Å². The van der Waals surface area contributed by atoms with Gasteiger partial charge in [0.2, 0.25) is 0 Å². The Balaban J connectivity index is 2.56. The molecule has 1 aromatic heterocycles. The maximum atomic E-state index is 6.06. The van der Waals surface area contributed by atoms with E-state index in [0.29, 0.717) is 5.02 Å². The fraction of sp³-hybridized carbons (Fsp3) is 0.400. The zero-order valence-electron chi connectivity index (χ0n) is 12.4. The van der Waals surface area contributed by atoms with Crippen molar-refractivity contribution in [2.75, 3.05) is 13.7 Å². The molecule has 21 heavy (non-hydrogen) atoms. The first-order valence-electron chi connectivity index (χ1n) is 6.90. The molecule has 0 fully saturated rings. The van der Waals surface area contributed by atoms with Crippen molar-refractivity contribution in [3.05, 3.63) is 45.1 Å². The number of halogens is 2. The van der Waals surface area contributed by atoms with Crippen LogP contribution in [0.3, 0.4) is 0 Å². The molecule has 0 saturated heterocycles. The van der Waals surface area contributed by atoms with Gasteiger partial charge in [0.15, 0.2) is 0 Å². The molecule has 2 aromatic rings. The summed E-state index contributed by atoms with van der Waals surface area (Å²) in [4.78, 5) is 0. The molecule has 6 heteroatoms. The van der Waals surface area contributed by atoms with E-state index in [9.17, 15) is 0 Å². The van der Waals surface area contributed by atoms with Crippen LogP contribution >= 0.6 is 27.5 Å². The highest BCUT2D eigenvalue weighted by atomic mass is 79.9. The largest absolute Gasteiger partial charge is 0.496 e. The van der Waals surface area contributed by atoms with E-state index in [1.54, 1.807) is 7.11 Å². The highest BCUT2D eigenvalue weighted by Gasteiger charge is 2.23. The summed E-state index contributed by atoms with van der Waals surface area (Å²) in [6.45, 7) is 5.79. The van der Waals surface area contributed by atoms with Gasteiger partial charge in [0.05, 0.1) is 29.5 Å². The third-order valence-electron chi connectivity index (χ3n) is 3.32. The molecule has 1 N–H and O–H groups in total. The Labute approximate surface area is 138 Å². The van der Waals surface area contributed by atoms with Gasteiger partial charge in [0.1, 0.15) is 5.75 Å². The number of aromatic nitrogens is 2. The molecule has 1 aromatic carbocycles. The summed E-state index contributed by atoms with van der Waals surface area (Å²) in [6, 6.07) is 5.69. The van der Waals surface area contributed by atoms with E-state index in [-0.39, 0.29) is 6.04 Å². The van der Waals surface area contributed by atoms with Crippen LogP contribution in [0.15, 0.2) is 28.9 Å². The molecule has 2 rings (SSSR count). The molecule has 1 heterocycles. The topological polar surface area (TPSA) is 39.1 Å². The van der Waals surface area contributed by atoms with Crippen molar-refractivity contribution in [3.63, 3.8) is 0 Å². The Morgan fingerprint density at radius 2 is 2.19 bits per heavy atom. The Bertz CT molecular complexity index is 615. The van der Waals surface area contributed by atoms with Crippen LogP contribution in [0.25, 0.3) is 0 Å². The van der Waals surface area contributed by atoms with E-state index < -0.39 is 0 Å². The summed E-state index contributed by atoms with van der Waals surface area (Å²) in [5.74, 6) is 0.768. The van der Waals surface area contributed by atoms with Gasteiger partial charge in [0, 0.05) is 17.1 Å². The average molecular weight is 373 g/mol. The summed E-state index contributed by atoms with van der Waals surface area (Å²) in [7, 11) is 1.66. The number of hydrogen-bond donors (Lipinski definition) is 1. The first-order valence-corrected chi connectivity index (χ1v) is 8.07. The predicted molar refractivity (Wildman–Crippen MR) is 89.1 cm³/mol. The molecule has 4 nitrogen and oxygen atoms in total. The molecule has 0 amide bonds. The van der Waals surface area contributed by atoms with Crippen LogP contribution < -0.4 is 10.1 Å². The van der Waals surface area contributed by atoms with Crippen LogP contribution in [0, 0.1) is 0 Å². The molecule has 114 valence electrons. The first kappa shape index (κ1) is 16.3. The summed E-state index contributed by atoms with van der Waals surface area (Å²) >= 11 is 9.66. The van der Waals surface area contributed by atoms with Crippen LogP contribution in [-0.4, -0.2) is 23.4 Å². The zero-order valence-corrected chi connectivity index (χ0v) is 14.7. The third-order valence-corrected chi connectivity index (χ3v) is 4.17. The number of methoxy groups -OCH3 is 1. The van der Waals surface area contributed by atoms with Gasteiger partial charge in [0.25, 0.3) is 0 Å². The third kappa shape index (κ3) is 3.42. The molecule has 0 aliphatic heterocycles. The minimum atomic E-state index is -0.0148. The Morgan fingerprint density at radius 1 is 1.43 bits per heavy atom. The fourth-order valence-corrected chi connectivity index (χ4v) is 3.08. The van der Waals surface area contributed by atoms with Crippen molar-refractivity contribution >= 4 is 27.5 Å². The smallest absolute Gasteiger partial charge is 0.125 e. The lowest BCUT2D eigenvalue weighted by atomic mass is 10.0. The maximum Gasteiger partial charge on any atom is 0.125 e. The molecule has 0 aliphatic carbocycles. The number of nitrogens with one attached hydrogen (secondary N) is 1. The van der Waals surface area contributed by atoms with Crippen molar-refractivity contribution in [1.29, 1.82) is 0 Å². The molecule has 0 saturated carbocycles. The normalized spacial score (nSPS) is 12.4. The second-order valence-corrected chi connectivity index (χ2v) is 5.86. The van der Waals surface area contributed by atoms with Crippen LogP contribution in [0.5, 0.6) is 5.75 Å². The van der Waals surface area contributed by atoms with Crippen molar-refractivity contribution in [2.45, 2.75) is 26.4 Å². The second-order valence-electron chi connectivity index (χ2n) is 4.57. The number of hydrogen-bond acceptors (Lipinski definition) is 3. The van der Waals surface area contributed by atoms with E-state index in [4.69, 9.17) is 16.3 Å². The van der Waals surface area contributed by atoms with Crippen molar-refractivity contribution < 1.29 is 4.74 Å². The molecular weight excluding hydrogens is 354 g/mol. The van der Waals surface area contributed by atoms with Crippen molar-refractivity contribution in [3.8, 4) is 5.75 Å². The summed E-state index contributed by atoms with van der Waals surface area (Å²) < 4.78 is 8.45. The highest BCUT2D eigenvalue weighted by molar-refractivity contribution is 9.10. The van der Waals surface area contributed by atoms with E-state index >= 15 is 0 Å². The van der Waals surface area contributed by atoms with Gasteiger partial charge in [-0.1, -0.05) is 24.6 Å². The number of nitrogens with zero attached hydrogens (tertiary/aromatic N) is 2.